The van der Waals surface area contributed by atoms with E-state index in [-0.39, 0.29) is 35.6 Å². The smallest absolute Gasteiger partial charge is 0.147 e. The minimum absolute atomic E-state index is 0. The third kappa shape index (κ3) is 4.41. The topological polar surface area (TPSA) is 0 Å². The van der Waals surface area contributed by atoms with Crippen molar-refractivity contribution >= 4 is 32.4 Å². The molecule has 0 N–H and O–H groups in total. The molecule has 0 saturated heterocycles. The fraction of sp³-hybridized carbons (Fsp3) is 0.600. The van der Waals surface area contributed by atoms with Crippen LogP contribution in [0.1, 0.15) is 54.4 Å². The first-order valence-corrected chi connectivity index (χ1v) is 17.3. The Morgan fingerprint density at radius 2 is 1.04 bits per heavy atom. The minimum Gasteiger partial charge on any atom is -0.147 e. The molecule has 0 unspecified atom stereocenters. The first-order chi connectivity index (χ1) is 9.74. The molecule has 2 rings (SSSR count). The third-order valence-electron chi connectivity index (χ3n) is 5.41. The van der Waals surface area contributed by atoms with Crippen molar-refractivity contribution in [2.45, 2.75) is 64.8 Å². The van der Waals surface area contributed by atoms with Gasteiger partial charge in [0.05, 0.1) is 0 Å². The summed E-state index contributed by atoms with van der Waals surface area (Å²) in [6, 6.07) is 0. The Morgan fingerprint density at radius 3 is 1.29 bits per heavy atom. The van der Waals surface area contributed by atoms with Gasteiger partial charge in [-0.15, -0.1) is 24.8 Å². The molecule has 0 radical (unpaired) electrons. The van der Waals surface area contributed by atoms with Gasteiger partial charge in [-0.2, -0.15) is 0 Å². The maximum atomic E-state index is 2.65. The van der Waals surface area contributed by atoms with E-state index in [1.807, 2.05) is 7.76 Å². The molecule has 2 aliphatic carbocycles. The van der Waals surface area contributed by atoms with Crippen LogP contribution in [0.25, 0.3) is 0 Å². The fourth-order valence-corrected chi connectivity index (χ4v) is 14.0. The van der Waals surface area contributed by atoms with Gasteiger partial charge >= 0.3 is 141 Å². The van der Waals surface area contributed by atoms with E-state index in [4.69, 9.17) is 0 Å². The van der Waals surface area contributed by atoms with Gasteiger partial charge in [0.15, 0.2) is 0 Å². The summed E-state index contributed by atoms with van der Waals surface area (Å²) in [4.78, 5) is 0. The van der Waals surface area contributed by atoms with Crippen LogP contribution < -0.4 is 0 Å². The largest absolute Gasteiger partial charge is 0.147 e. The summed E-state index contributed by atoms with van der Waals surface area (Å²) in [7, 11) is 2.38. The van der Waals surface area contributed by atoms with Crippen LogP contribution in [0.4, 0.5) is 0 Å². The molecule has 0 aromatic rings. The monoisotopic (exact) mass is 422 g/mol. The van der Waals surface area contributed by atoms with E-state index < -0.39 is 14.0 Å². The molecule has 4 heteroatoms. The van der Waals surface area contributed by atoms with E-state index in [1.165, 1.54) is 12.8 Å². The summed E-state index contributed by atoms with van der Waals surface area (Å²) >= 11 is -2.82. The van der Waals surface area contributed by atoms with Crippen molar-refractivity contribution in [3.63, 3.8) is 0 Å². The maximum Gasteiger partial charge on any atom is -0.147 e. The Hall–Kier alpha value is 0.471. The van der Waals surface area contributed by atoms with Crippen molar-refractivity contribution in [2.24, 2.45) is 10.8 Å². The van der Waals surface area contributed by atoms with E-state index in [0.717, 1.165) is 0 Å². The number of hydrogen-bond donors (Lipinski definition) is 0. The quantitative estimate of drug-likeness (QED) is 0.435. The molecule has 0 saturated carbocycles. The zero-order valence-electron chi connectivity index (χ0n) is 16.7. The number of allylic oxidation sites excluding steroid dienone is 8. The number of halogens is 2. The molecular formula is C20H36Cl2SiTi. The summed E-state index contributed by atoms with van der Waals surface area (Å²) < 4.78 is 3.62. The van der Waals surface area contributed by atoms with Crippen LogP contribution in [0, 0.1) is 10.8 Å². The van der Waals surface area contributed by atoms with Crippen molar-refractivity contribution in [2.75, 3.05) is 0 Å². The second-order valence-corrected chi connectivity index (χ2v) is 29.2. The van der Waals surface area contributed by atoms with E-state index in [9.17, 15) is 0 Å². The molecule has 0 fully saturated rings. The standard InChI is InChI=1S/2C9H13.2CH3.2ClH.H2Si.Ti/c2*1-9(2,3)8-6-4-5-7-8;;;;;;/h2*4,6H,5H2,1-3H3;2*1H3;2*1H;1H2;. The Morgan fingerprint density at radius 1 is 0.750 bits per heavy atom. The van der Waals surface area contributed by atoms with Gasteiger partial charge in [-0.05, 0) is 0 Å². The molecule has 0 nitrogen and oxygen atoms in total. The Kier molecular flexibility index (Phi) is 7.38. The van der Waals surface area contributed by atoms with E-state index in [1.54, 1.807) is 11.1 Å². The van der Waals surface area contributed by atoms with Crippen LogP contribution >= 0.6 is 24.8 Å². The summed E-state index contributed by atoms with van der Waals surface area (Å²) in [6.45, 7) is 14.2. The van der Waals surface area contributed by atoms with Crippen LogP contribution in [-0.2, 0) is 14.0 Å². The van der Waals surface area contributed by atoms with Gasteiger partial charge in [0.2, 0.25) is 0 Å². The average molecular weight is 423 g/mol. The Labute approximate surface area is 164 Å². The predicted octanol–water partition coefficient (Wildman–Crippen LogP) is 6.68. The van der Waals surface area contributed by atoms with Gasteiger partial charge in [-0.25, -0.2) is 0 Å². The number of rotatable bonds is 2. The Balaban J connectivity index is 0.00000264. The average Bonchev–Trinajstić information content (AvgIpc) is 2.97. The van der Waals surface area contributed by atoms with Crippen molar-refractivity contribution in [3.05, 3.63) is 43.2 Å². The Bertz CT molecular complexity index is 632. The van der Waals surface area contributed by atoms with Gasteiger partial charge in [-0.1, -0.05) is 0 Å². The molecule has 0 heterocycles. The molecule has 0 aromatic carbocycles. The third-order valence-corrected chi connectivity index (χ3v) is 16.5. The zero-order valence-corrected chi connectivity index (χ0v) is 21.4. The van der Waals surface area contributed by atoms with Gasteiger partial charge in [0, 0.05) is 0 Å². The molecule has 24 heavy (non-hydrogen) atoms. The summed E-state index contributed by atoms with van der Waals surface area (Å²) in [5.41, 5.74) is 3.76. The molecule has 0 amide bonds. The zero-order chi connectivity index (χ0) is 17.0. The summed E-state index contributed by atoms with van der Waals surface area (Å²) in [5.74, 6) is 0. The van der Waals surface area contributed by atoms with Crippen LogP contribution in [0.3, 0.4) is 0 Å². The first kappa shape index (κ1) is 24.5. The van der Waals surface area contributed by atoms with Crippen molar-refractivity contribution < 1.29 is 14.0 Å². The maximum absolute atomic E-state index is 2.82. The van der Waals surface area contributed by atoms with Crippen molar-refractivity contribution in [3.8, 4) is 0 Å². The molecular weight excluding hydrogens is 387 g/mol. The van der Waals surface area contributed by atoms with Crippen LogP contribution in [0.2, 0.25) is 10.5 Å². The van der Waals surface area contributed by atoms with E-state index in [2.05, 4.69) is 83.9 Å². The molecule has 138 valence electrons. The second kappa shape index (κ2) is 7.24. The SMILES string of the molecule is CC(C)(C)C1=[C]([Ti]([CH3])([CH3])(=[SiH2])[C]2=C(C(C)(C)C)C=CC2)CC=C1.Cl.Cl. The van der Waals surface area contributed by atoms with Gasteiger partial charge in [0.25, 0.3) is 0 Å². The molecule has 0 aliphatic heterocycles. The predicted molar refractivity (Wildman–Crippen MR) is 115 cm³/mol. The molecule has 2 aliphatic rings. The van der Waals surface area contributed by atoms with Crippen molar-refractivity contribution in [1.29, 1.82) is 0 Å². The summed E-state index contributed by atoms with van der Waals surface area (Å²) in [6.07, 6.45) is 12.0. The second-order valence-electron chi connectivity index (χ2n) is 10.2. The number of hydrogen-bond acceptors (Lipinski definition) is 0. The molecule has 0 aromatic heterocycles. The minimum atomic E-state index is -2.82. The van der Waals surface area contributed by atoms with Crippen molar-refractivity contribution in [1.82, 2.24) is 0 Å². The van der Waals surface area contributed by atoms with E-state index in [0.29, 0.717) is 0 Å². The molecule has 0 bridgehead atoms. The van der Waals surface area contributed by atoms with Crippen LogP contribution in [0.5, 0.6) is 0 Å². The van der Waals surface area contributed by atoms with Gasteiger partial charge in [-0.3, -0.25) is 0 Å². The molecule has 0 atom stereocenters. The molecule has 0 spiro atoms. The first-order valence-electron chi connectivity index (χ1n) is 8.62. The fourth-order valence-electron chi connectivity index (χ4n) is 4.12. The van der Waals surface area contributed by atoms with E-state index >= 15 is 0 Å². The normalized spacial score (nSPS) is 18.9. The van der Waals surface area contributed by atoms with Gasteiger partial charge in [0.1, 0.15) is 0 Å². The summed E-state index contributed by atoms with van der Waals surface area (Å²) in [5, 5.41) is 5.30. The van der Waals surface area contributed by atoms with Crippen LogP contribution in [0.15, 0.2) is 43.2 Å². The van der Waals surface area contributed by atoms with Crippen LogP contribution in [-0.4, -0.2) is 7.63 Å². The van der Waals surface area contributed by atoms with Gasteiger partial charge < -0.3 is 0 Å².